The van der Waals surface area contributed by atoms with Crippen LogP contribution in [0.5, 0.6) is 0 Å². The number of hydrogen-bond donors (Lipinski definition) is 4. The monoisotopic (exact) mass is 450 g/mol. The van der Waals surface area contributed by atoms with Crippen molar-refractivity contribution in [2.75, 3.05) is 6.61 Å². The van der Waals surface area contributed by atoms with Crippen molar-refractivity contribution in [1.82, 2.24) is 0 Å². The van der Waals surface area contributed by atoms with E-state index in [-0.39, 0.29) is 0 Å². The van der Waals surface area contributed by atoms with Crippen LogP contribution in [0.15, 0.2) is 0 Å². The fourth-order valence-electron chi connectivity index (χ4n) is 1.37. The SMILES string of the molecule is O=I(=O)[C@@]1(O)[C@@H](O)[C@H](OBr)O[C@H](CO)[C@]1(O)Cl. The van der Waals surface area contributed by atoms with Gasteiger partial charge in [0.2, 0.25) is 11.4 Å². The van der Waals surface area contributed by atoms with Crippen LogP contribution < -0.4 is 0 Å². The molecule has 0 unspecified atom stereocenters. The Balaban J connectivity index is 3.29. The second-order valence-corrected chi connectivity index (χ2v) is 7.11. The maximum absolute atomic E-state index is 11.1. The molecule has 0 radical (unpaired) electrons. The molecule has 0 saturated carbocycles. The van der Waals surface area contributed by atoms with Crippen LogP contribution in [0.25, 0.3) is 0 Å². The van der Waals surface area contributed by atoms with Gasteiger partial charge in [0.15, 0.2) is 6.10 Å². The fraction of sp³-hybridized carbons (Fsp3) is 1.00. The largest absolute Gasteiger partial charge is 0.394 e. The van der Waals surface area contributed by atoms with E-state index in [0.29, 0.717) is 0 Å². The number of hydrogen-bond acceptors (Lipinski definition) is 8. The minimum atomic E-state index is -4.71. The number of aliphatic hydroxyl groups excluding tert-OH is 2. The van der Waals surface area contributed by atoms with Gasteiger partial charge in [-0.15, -0.1) is 0 Å². The Morgan fingerprint density at radius 2 is 2.00 bits per heavy atom. The molecule has 0 bridgehead atoms. The molecular formula is C6H9BrClIO8. The van der Waals surface area contributed by atoms with E-state index >= 15 is 0 Å². The van der Waals surface area contributed by atoms with Crippen molar-refractivity contribution in [3.05, 3.63) is 0 Å². The van der Waals surface area contributed by atoms with E-state index in [0.717, 1.165) is 0 Å². The molecule has 1 saturated heterocycles. The molecule has 5 atom stereocenters. The summed E-state index contributed by atoms with van der Waals surface area (Å²) in [5.74, 6) is 0. The van der Waals surface area contributed by atoms with Crippen LogP contribution in [0.3, 0.4) is 0 Å². The lowest BCUT2D eigenvalue weighted by atomic mass is 9.98. The topological polar surface area (TPSA) is 134 Å². The average Bonchev–Trinajstić information content (AvgIpc) is 2.26. The molecule has 1 aliphatic rings. The highest BCUT2D eigenvalue weighted by atomic mass is 127. The van der Waals surface area contributed by atoms with Crippen LogP contribution in [-0.4, -0.2) is 54.2 Å². The molecule has 0 aromatic heterocycles. The van der Waals surface area contributed by atoms with E-state index in [1.165, 1.54) is 0 Å². The van der Waals surface area contributed by atoms with Crippen molar-refractivity contribution in [3.8, 4) is 0 Å². The molecule has 1 rings (SSSR count). The van der Waals surface area contributed by atoms with Crippen molar-refractivity contribution in [2.45, 2.75) is 27.2 Å². The van der Waals surface area contributed by atoms with Gasteiger partial charge in [-0.25, -0.2) is 6.14 Å². The Morgan fingerprint density at radius 1 is 1.47 bits per heavy atom. The fourth-order valence-corrected chi connectivity index (χ4v) is 4.07. The normalized spacial score (nSPS) is 47.4. The summed E-state index contributed by atoms with van der Waals surface area (Å²) in [5.41, 5.74) is 0. The van der Waals surface area contributed by atoms with Crippen molar-refractivity contribution in [1.29, 1.82) is 0 Å². The lowest BCUT2D eigenvalue weighted by Gasteiger charge is -2.47. The van der Waals surface area contributed by atoms with Crippen LogP contribution in [0.1, 0.15) is 0 Å². The Hall–Kier alpha value is 0.860. The predicted octanol–water partition coefficient (Wildman–Crippen LogP) is -0.796. The van der Waals surface area contributed by atoms with Crippen molar-refractivity contribution in [3.63, 3.8) is 0 Å². The maximum Gasteiger partial charge on any atom is 0.347 e. The Kier molecular flexibility index (Phi) is 5.12. The third-order valence-corrected chi connectivity index (χ3v) is 6.38. The van der Waals surface area contributed by atoms with Gasteiger partial charge < -0.3 is 25.2 Å². The van der Waals surface area contributed by atoms with E-state index in [4.69, 9.17) is 21.4 Å². The molecule has 0 spiro atoms. The molecule has 0 aromatic rings. The summed E-state index contributed by atoms with van der Waals surface area (Å²) in [4.78, 5) is 0. The molecule has 11 heteroatoms. The summed E-state index contributed by atoms with van der Waals surface area (Å²) in [6, 6.07) is 0. The molecule has 0 aliphatic carbocycles. The van der Waals surface area contributed by atoms with E-state index < -0.39 is 53.6 Å². The summed E-state index contributed by atoms with van der Waals surface area (Å²) < 4.78 is 28.4. The van der Waals surface area contributed by atoms with Gasteiger partial charge in [-0.3, -0.25) is 3.83 Å². The van der Waals surface area contributed by atoms with Gasteiger partial charge in [0.25, 0.3) is 3.61 Å². The van der Waals surface area contributed by atoms with E-state index in [9.17, 15) is 21.5 Å². The van der Waals surface area contributed by atoms with Crippen molar-refractivity contribution >= 4 is 47.7 Å². The molecule has 1 heterocycles. The number of halogens is 3. The van der Waals surface area contributed by atoms with Crippen LogP contribution in [0, 0.1) is 0 Å². The highest BCUT2D eigenvalue weighted by Crippen LogP contribution is 2.50. The summed E-state index contributed by atoms with van der Waals surface area (Å²) in [6.07, 6.45) is -5.39. The third kappa shape index (κ3) is 2.34. The minimum Gasteiger partial charge on any atom is -0.394 e. The van der Waals surface area contributed by atoms with Gasteiger partial charge >= 0.3 is 19.8 Å². The lowest BCUT2D eigenvalue weighted by molar-refractivity contribution is -0.291. The van der Waals surface area contributed by atoms with Gasteiger partial charge in [0, 0.05) is 0 Å². The minimum absolute atomic E-state index is 0.883. The zero-order valence-electron chi connectivity index (χ0n) is 7.99. The first-order chi connectivity index (χ1) is 7.73. The van der Waals surface area contributed by atoms with Gasteiger partial charge in [-0.1, -0.05) is 11.6 Å². The molecule has 17 heavy (non-hydrogen) atoms. The van der Waals surface area contributed by atoms with E-state index in [2.05, 4.69) is 20.1 Å². The number of ether oxygens (including phenoxy) is 1. The standard InChI is InChI=1S/C6H9BrClIO8/c7-17-4-3(11)6(13,9(14)15)5(8,12)2(1-10)16-4/h2-4,10-13H,1H2/t2-,3+,4+,5-,6-/m1/s1. The molecule has 0 amide bonds. The second-order valence-electron chi connectivity index (χ2n) is 3.27. The van der Waals surface area contributed by atoms with E-state index in [1.807, 2.05) is 0 Å². The van der Waals surface area contributed by atoms with Crippen molar-refractivity contribution < 1.29 is 35.1 Å². The van der Waals surface area contributed by atoms with Crippen molar-refractivity contribution in [2.24, 2.45) is 0 Å². The summed E-state index contributed by atoms with van der Waals surface area (Å²) in [6.45, 7) is -0.883. The van der Waals surface area contributed by atoms with Gasteiger partial charge in [-0.05, 0) is 0 Å². The van der Waals surface area contributed by atoms with Gasteiger partial charge in [-0.2, -0.15) is 0 Å². The summed E-state index contributed by atoms with van der Waals surface area (Å²) in [5, 5.41) is 35.2. The molecule has 1 aliphatic heterocycles. The van der Waals surface area contributed by atoms with Crippen LogP contribution in [0.2, 0.25) is 0 Å². The van der Waals surface area contributed by atoms with Crippen LogP contribution in [-0.2, 0) is 14.7 Å². The smallest absolute Gasteiger partial charge is 0.347 e. The summed E-state index contributed by atoms with van der Waals surface area (Å²) >= 11 is 3.24. The molecule has 8 nitrogen and oxygen atoms in total. The summed E-state index contributed by atoms with van der Waals surface area (Å²) in [7, 11) is 0. The first-order valence-electron chi connectivity index (χ1n) is 4.14. The number of alkyl halides is 2. The maximum atomic E-state index is 11.1. The lowest BCUT2D eigenvalue weighted by Crippen LogP contribution is -2.70. The van der Waals surface area contributed by atoms with E-state index in [1.54, 1.807) is 0 Å². The molecule has 4 N–H and O–H groups in total. The highest BCUT2D eigenvalue weighted by molar-refractivity contribution is 14.2. The molecule has 102 valence electrons. The van der Waals surface area contributed by atoms with Crippen LogP contribution in [0.4, 0.5) is 0 Å². The second kappa shape index (κ2) is 5.46. The highest BCUT2D eigenvalue weighted by Gasteiger charge is 2.68. The van der Waals surface area contributed by atoms with Gasteiger partial charge in [0.05, 0.1) is 6.61 Å². The number of rotatable bonds is 3. The predicted molar refractivity (Wildman–Crippen MR) is 62.9 cm³/mol. The quantitative estimate of drug-likeness (QED) is 0.324. The average molecular weight is 451 g/mol. The van der Waals surface area contributed by atoms with Crippen LogP contribution >= 0.6 is 47.7 Å². The number of aliphatic hydroxyl groups is 4. The Morgan fingerprint density at radius 3 is 2.35 bits per heavy atom. The first-order valence-corrected chi connectivity index (χ1v) is 8.00. The molecule has 1 fully saturated rings. The Labute approximate surface area is 116 Å². The third-order valence-electron chi connectivity index (χ3n) is 2.36. The first kappa shape index (κ1) is 15.9. The zero-order chi connectivity index (χ0) is 13.4. The zero-order valence-corrected chi connectivity index (χ0v) is 12.5. The van der Waals surface area contributed by atoms with Gasteiger partial charge in [0.1, 0.15) is 22.4 Å². The molecule has 0 aromatic carbocycles. The Bertz CT molecular complexity index is 354. The molecular weight excluding hydrogens is 442 g/mol.